The van der Waals surface area contributed by atoms with Crippen molar-refractivity contribution in [2.24, 2.45) is 11.8 Å². The average molecular weight is 168 g/mol. The first-order chi connectivity index (χ1) is 5.95. The molecule has 2 nitrogen and oxygen atoms in total. The maximum atomic E-state index is 3.53. The van der Waals surface area contributed by atoms with E-state index in [1.165, 1.54) is 51.9 Å². The van der Waals surface area contributed by atoms with Crippen LogP contribution in [0.1, 0.15) is 25.7 Å². The number of rotatable bonds is 6. The molecule has 2 fully saturated rings. The van der Waals surface area contributed by atoms with E-state index in [9.17, 15) is 0 Å². The van der Waals surface area contributed by atoms with E-state index in [-0.39, 0.29) is 0 Å². The fourth-order valence-corrected chi connectivity index (χ4v) is 1.70. The lowest BCUT2D eigenvalue weighted by molar-refractivity contribution is 0.322. The van der Waals surface area contributed by atoms with Gasteiger partial charge in [0.25, 0.3) is 0 Å². The SMILES string of the molecule is C(CC1CC1)NCCC1CNC1. The summed E-state index contributed by atoms with van der Waals surface area (Å²) in [6, 6.07) is 0. The normalized spacial score (nSPS) is 24.0. The monoisotopic (exact) mass is 168 g/mol. The Labute approximate surface area is 75.1 Å². The average Bonchev–Trinajstić information content (AvgIpc) is 2.76. The minimum atomic E-state index is 0.971. The second kappa shape index (κ2) is 4.24. The van der Waals surface area contributed by atoms with E-state index in [1.807, 2.05) is 0 Å². The molecule has 70 valence electrons. The first kappa shape index (κ1) is 8.52. The van der Waals surface area contributed by atoms with E-state index < -0.39 is 0 Å². The zero-order valence-corrected chi connectivity index (χ0v) is 7.81. The Morgan fingerprint density at radius 2 is 1.67 bits per heavy atom. The maximum absolute atomic E-state index is 3.53. The molecule has 0 aromatic heterocycles. The van der Waals surface area contributed by atoms with Gasteiger partial charge < -0.3 is 10.6 Å². The highest BCUT2D eigenvalue weighted by Gasteiger charge is 2.20. The van der Waals surface area contributed by atoms with Crippen molar-refractivity contribution in [3.05, 3.63) is 0 Å². The summed E-state index contributed by atoms with van der Waals surface area (Å²) < 4.78 is 0. The molecule has 2 rings (SSSR count). The van der Waals surface area contributed by atoms with Crippen molar-refractivity contribution in [2.45, 2.75) is 25.7 Å². The van der Waals surface area contributed by atoms with Crippen LogP contribution in [-0.4, -0.2) is 26.2 Å². The van der Waals surface area contributed by atoms with E-state index in [0.717, 1.165) is 11.8 Å². The molecule has 1 heterocycles. The van der Waals surface area contributed by atoms with Gasteiger partial charge in [-0.15, -0.1) is 0 Å². The minimum Gasteiger partial charge on any atom is -0.317 e. The Bertz CT molecular complexity index is 128. The summed E-state index contributed by atoms with van der Waals surface area (Å²) in [7, 11) is 0. The molecule has 0 aromatic rings. The summed E-state index contributed by atoms with van der Waals surface area (Å²) in [6.07, 6.45) is 5.78. The van der Waals surface area contributed by atoms with Crippen molar-refractivity contribution < 1.29 is 0 Å². The van der Waals surface area contributed by atoms with Crippen LogP contribution in [0.15, 0.2) is 0 Å². The van der Waals surface area contributed by atoms with Gasteiger partial charge in [0, 0.05) is 0 Å². The van der Waals surface area contributed by atoms with Gasteiger partial charge in [-0.2, -0.15) is 0 Å². The van der Waals surface area contributed by atoms with Crippen LogP contribution < -0.4 is 10.6 Å². The van der Waals surface area contributed by atoms with Crippen molar-refractivity contribution in [3.63, 3.8) is 0 Å². The van der Waals surface area contributed by atoms with Crippen molar-refractivity contribution in [3.8, 4) is 0 Å². The van der Waals surface area contributed by atoms with Crippen molar-refractivity contribution in [1.29, 1.82) is 0 Å². The largest absolute Gasteiger partial charge is 0.317 e. The lowest BCUT2D eigenvalue weighted by atomic mass is 10.00. The standard InChI is InChI=1S/C10H20N2/c1-2-9(1)3-5-11-6-4-10-7-12-8-10/h9-12H,1-8H2. The predicted octanol–water partition coefficient (Wildman–Crippen LogP) is 0.986. The van der Waals surface area contributed by atoms with Crippen molar-refractivity contribution in [2.75, 3.05) is 26.2 Å². The quantitative estimate of drug-likeness (QED) is 0.578. The van der Waals surface area contributed by atoms with Gasteiger partial charge in [0.05, 0.1) is 0 Å². The van der Waals surface area contributed by atoms with Crippen LogP contribution >= 0.6 is 0 Å². The van der Waals surface area contributed by atoms with Crippen LogP contribution in [0.4, 0.5) is 0 Å². The molecular weight excluding hydrogens is 148 g/mol. The number of hydrogen-bond donors (Lipinski definition) is 2. The van der Waals surface area contributed by atoms with Crippen LogP contribution in [0.25, 0.3) is 0 Å². The second-order valence-electron chi connectivity index (χ2n) is 4.29. The molecule has 0 bridgehead atoms. The Kier molecular flexibility index (Phi) is 3.01. The third-order valence-electron chi connectivity index (χ3n) is 3.02. The molecule has 0 unspecified atom stereocenters. The fraction of sp³-hybridized carbons (Fsp3) is 1.00. The van der Waals surface area contributed by atoms with Gasteiger partial charge in [-0.05, 0) is 50.9 Å². The highest BCUT2D eigenvalue weighted by Crippen LogP contribution is 2.31. The summed E-state index contributed by atoms with van der Waals surface area (Å²) in [6.45, 7) is 5.00. The minimum absolute atomic E-state index is 0.971. The fourth-order valence-electron chi connectivity index (χ4n) is 1.70. The molecule has 1 saturated carbocycles. The third kappa shape index (κ3) is 2.76. The van der Waals surface area contributed by atoms with Crippen LogP contribution in [-0.2, 0) is 0 Å². The molecule has 2 heteroatoms. The van der Waals surface area contributed by atoms with Crippen molar-refractivity contribution >= 4 is 0 Å². The molecule has 2 aliphatic rings. The van der Waals surface area contributed by atoms with Crippen LogP contribution in [0.3, 0.4) is 0 Å². The molecule has 0 radical (unpaired) electrons. The van der Waals surface area contributed by atoms with E-state index >= 15 is 0 Å². The first-order valence-electron chi connectivity index (χ1n) is 5.36. The Balaban J connectivity index is 1.35. The highest BCUT2D eigenvalue weighted by atomic mass is 15.0. The molecule has 0 amide bonds. The molecule has 1 aliphatic heterocycles. The Morgan fingerprint density at radius 3 is 2.17 bits per heavy atom. The molecule has 1 saturated heterocycles. The van der Waals surface area contributed by atoms with Crippen LogP contribution in [0, 0.1) is 11.8 Å². The topological polar surface area (TPSA) is 24.1 Å². The molecule has 1 aliphatic carbocycles. The summed E-state index contributed by atoms with van der Waals surface area (Å²) in [4.78, 5) is 0. The van der Waals surface area contributed by atoms with Gasteiger partial charge in [-0.3, -0.25) is 0 Å². The summed E-state index contributed by atoms with van der Waals surface area (Å²) in [5, 5.41) is 6.83. The Morgan fingerprint density at radius 1 is 1.00 bits per heavy atom. The van der Waals surface area contributed by atoms with Crippen LogP contribution in [0.5, 0.6) is 0 Å². The third-order valence-corrected chi connectivity index (χ3v) is 3.02. The van der Waals surface area contributed by atoms with Gasteiger partial charge in [0.15, 0.2) is 0 Å². The van der Waals surface area contributed by atoms with Gasteiger partial charge in [-0.25, -0.2) is 0 Å². The Hall–Kier alpha value is -0.0800. The van der Waals surface area contributed by atoms with Gasteiger partial charge >= 0.3 is 0 Å². The van der Waals surface area contributed by atoms with Crippen LogP contribution in [0.2, 0.25) is 0 Å². The maximum Gasteiger partial charge on any atom is -0.000778 e. The van der Waals surface area contributed by atoms with Crippen molar-refractivity contribution in [1.82, 2.24) is 10.6 Å². The van der Waals surface area contributed by atoms with E-state index in [4.69, 9.17) is 0 Å². The number of hydrogen-bond acceptors (Lipinski definition) is 2. The van der Waals surface area contributed by atoms with E-state index in [2.05, 4.69) is 10.6 Å². The lowest BCUT2D eigenvalue weighted by Crippen LogP contribution is -2.43. The second-order valence-corrected chi connectivity index (χ2v) is 4.29. The summed E-state index contributed by atoms with van der Waals surface area (Å²) in [5.41, 5.74) is 0. The zero-order valence-electron chi connectivity index (χ0n) is 7.81. The highest BCUT2D eigenvalue weighted by molar-refractivity contribution is 4.76. The molecular formula is C10H20N2. The predicted molar refractivity (Wildman–Crippen MR) is 51.2 cm³/mol. The first-order valence-corrected chi connectivity index (χ1v) is 5.36. The lowest BCUT2D eigenvalue weighted by Gasteiger charge is -2.26. The van der Waals surface area contributed by atoms with Gasteiger partial charge in [0.1, 0.15) is 0 Å². The molecule has 0 aromatic carbocycles. The zero-order chi connectivity index (χ0) is 8.23. The van der Waals surface area contributed by atoms with Gasteiger partial charge in [0.2, 0.25) is 0 Å². The summed E-state index contributed by atoms with van der Waals surface area (Å²) >= 11 is 0. The molecule has 2 N–H and O–H groups in total. The van der Waals surface area contributed by atoms with Gasteiger partial charge in [-0.1, -0.05) is 12.8 Å². The smallest absolute Gasteiger partial charge is 0.000778 e. The summed E-state index contributed by atoms with van der Waals surface area (Å²) in [5.74, 6) is 2.06. The molecule has 0 spiro atoms. The number of nitrogens with one attached hydrogen (secondary N) is 2. The van der Waals surface area contributed by atoms with E-state index in [0.29, 0.717) is 0 Å². The molecule has 12 heavy (non-hydrogen) atoms. The molecule has 0 atom stereocenters. The van der Waals surface area contributed by atoms with E-state index in [1.54, 1.807) is 0 Å².